The standard InChI is InChI=1S/C14H18F10O4S/c1-7(2,3)9(15,16)12(8(4,5)6)27-11(19,13(20,21)28-12)10(17,18)14(22,23)29(24,25)26/h1-6H3. The van der Waals surface area contributed by atoms with E-state index in [-0.39, 0.29) is 0 Å². The molecule has 4 nitrogen and oxygen atoms in total. The van der Waals surface area contributed by atoms with Gasteiger partial charge in [-0.15, -0.1) is 0 Å². The van der Waals surface area contributed by atoms with Crippen molar-refractivity contribution in [1.29, 1.82) is 0 Å². The Morgan fingerprint density at radius 3 is 1.38 bits per heavy atom. The molecule has 0 N–H and O–H groups in total. The Bertz CT molecular complexity index is 768. The predicted molar refractivity (Wildman–Crippen MR) is 77.5 cm³/mol. The van der Waals surface area contributed by atoms with E-state index >= 15 is 8.78 Å². The summed E-state index contributed by atoms with van der Waals surface area (Å²) < 4.78 is 169. The second kappa shape index (κ2) is 6.11. The van der Waals surface area contributed by atoms with Crippen LogP contribution in [0.25, 0.3) is 0 Å². The number of alkyl halides is 9. The number of rotatable bonds is 4. The van der Waals surface area contributed by atoms with Gasteiger partial charge >= 0.3 is 39.3 Å². The summed E-state index contributed by atoms with van der Waals surface area (Å²) in [6, 6.07) is 0. The molecule has 1 aliphatic rings. The van der Waals surface area contributed by atoms with Crippen LogP contribution in [-0.2, 0) is 19.7 Å². The van der Waals surface area contributed by atoms with Crippen molar-refractivity contribution >= 4 is 10.2 Å². The average Bonchev–Trinajstić information content (AvgIpc) is 2.65. The van der Waals surface area contributed by atoms with E-state index < -0.39 is 55.9 Å². The zero-order valence-corrected chi connectivity index (χ0v) is 16.6. The molecule has 174 valence electrons. The molecule has 0 aromatic rings. The first-order valence-corrected chi connectivity index (χ1v) is 9.09. The van der Waals surface area contributed by atoms with E-state index in [0.717, 1.165) is 0 Å². The van der Waals surface area contributed by atoms with Gasteiger partial charge < -0.3 is 0 Å². The van der Waals surface area contributed by atoms with Crippen molar-refractivity contribution in [3.63, 3.8) is 0 Å². The summed E-state index contributed by atoms with van der Waals surface area (Å²) in [5.41, 5.74) is -4.94. The van der Waals surface area contributed by atoms with Crippen LogP contribution in [0.15, 0.2) is 0 Å². The van der Waals surface area contributed by atoms with E-state index in [4.69, 9.17) is 0 Å². The Balaban J connectivity index is 3.92. The van der Waals surface area contributed by atoms with Gasteiger partial charge in [0.25, 0.3) is 0 Å². The summed E-state index contributed by atoms with van der Waals surface area (Å²) in [7, 11) is -7.70. The summed E-state index contributed by atoms with van der Waals surface area (Å²) in [6.45, 7) is 4.08. The molecule has 15 heteroatoms. The molecule has 0 amide bonds. The highest BCUT2D eigenvalue weighted by atomic mass is 32.3. The van der Waals surface area contributed by atoms with Crippen LogP contribution in [0, 0.1) is 10.8 Å². The number of halogens is 10. The Morgan fingerprint density at radius 2 is 1.10 bits per heavy atom. The largest absolute Gasteiger partial charge is 0.442 e. The van der Waals surface area contributed by atoms with Gasteiger partial charge in [0.15, 0.2) is 0 Å². The minimum absolute atomic E-state index is 0.663. The van der Waals surface area contributed by atoms with Gasteiger partial charge in [0.2, 0.25) is 5.79 Å². The van der Waals surface area contributed by atoms with Gasteiger partial charge in [0.1, 0.15) is 0 Å². The predicted octanol–water partition coefficient (Wildman–Crippen LogP) is 5.24. The molecule has 0 aromatic heterocycles. The fraction of sp³-hybridized carbons (Fsp3) is 1.00. The first-order valence-electron chi connectivity index (χ1n) is 7.71. The molecule has 0 aromatic carbocycles. The SMILES string of the molecule is CC(C)(C)C(F)(F)C1(C(C)(C)C)OC(F)(F)C(F)(C(F)(F)C(F)(F)S(=O)(=O)F)O1. The molecule has 1 saturated heterocycles. The molecule has 0 aliphatic carbocycles. The van der Waals surface area contributed by atoms with E-state index in [1.165, 1.54) is 0 Å². The van der Waals surface area contributed by atoms with Gasteiger partial charge in [0.05, 0.1) is 0 Å². The molecule has 29 heavy (non-hydrogen) atoms. The van der Waals surface area contributed by atoms with E-state index in [1.807, 2.05) is 0 Å². The highest BCUT2D eigenvalue weighted by Crippen LogP contribution is 2.67. The Morgan fingerprint density at radius 1 is 0.724 bits per heavy atom. The van der Waals surface area contributed by atoms with Gasteiger partial charge in [0, 0.05) is 10.8 Å². The van der Waals surface area contributed by atoms with Gasteiger partial charge in [-0.3, -0.25) is 9.47 Å². The Hall–Kier alpha value is -0.830. The third kappa shape index (κ3) is 3.13. The van der Waals surface area contributed by atoms with Gasteiger partial charge in [-0.25, -0.2) is 8.78 Å². The monoisotopic (exact) mass is 472 g/mol. The first kappa shape index (κ1) is 26.2. The van der Waals surface area contributed by atoms with Crippen LogP contribution in [-0.4, -0.2) is 43.3 Å². The Kier molecular flexibility index (Phi) is 5.52. The number of hydrogen-bond acceptors (Lipinski definition) is 4. The Labute approximate surface area is 159 Å². The first-order chi connectivity index (χ1) is 12.2. The van der Waals surface area contributed by atoms with Crippen molar-refractivity contribution in [3.05, 3.63) is 0 Å². The molecule has 0 saturated carbocycles. The molecule has 1 aliphatic heterocycles. The maximum absolute atomic E-state index is 15.0. The summed E-state index contributed by atoms with van der Waals surface area (Å²) in [5.74, 6) is -22.8. The summed E-state index contributed by atoms with van der Waals surface area (Å²) in [6.07, 6.45) is -6.26. The van der Waals surface area contributed by atoms with Crippen LogP contribution in [0.5, 0.6) is 0 Å². The van der Waals surface area contributed by atoms with E-state index in [1.54, 1.807) is 0 Å². The molecule has 0 radical (unpaired) electrons. The van der Waals surface area contributed by atoms with Gasteiger partial charge in [-0.2, -0.15) is 39.2 Å². The van der Waals surface area contributed by atoms with Gasteiger partial charge in [-0.1, -0.05) is 45.4 Å². The minimum atomic E-state index is -7.70. The number of ether oxygens (including phenoxy) is 2. The van der Waals surface area contributed by atoms with Crippen molar-refractivity contribution < 1.29 is 61.3 Å². The van der Waals surface area contributed by atoms with Crippen molar-refractivity contribution in [1.82, 2.24) is 0 Å². The minimum Gasteiger partial charge on any atom is -0.295 e. The molecule has 1 fully saturated rings. The van der Waals surface area contributed by atoms with Crippen LogP contribution in [0.2, 0.25) is 0 Å². The molecule has 2 unspecified atom stereocenters. The van der Waals surface area contributed by atoms with E-state index in [9.17, 15) is 43.0 Å². The topological polar surface area (TPSA) is 52.6 Å². The van der Waals surface area contributed by atoms with Crippen molar-refractivity contribution in [2.45, 2.75) is 76.4 Å². The fourth-order valence-electron chi connectivity index (χ4n) is 2.51. The quantitative estimate of drug-likeness (QED) is 0.415. The highest BCUT2D eigenvalue weighted by Gasteiger charge is 2.93. The molecule has 0 bridgehead atoms. The molecule has 1 rings (SSSR count). The molecular formula is C14H18F10O4S. The molecule has 1 heterocycles. The van der Waals surface area contributed by atoms with Crippen molar-refractivity contribution in [2.24, 2.45) is 10.8 Å². The smallest absolute Gasteiger partial charge is 0.295 e. The molecule has 2 atom stereocenters. The number of hydrogen-bond donors (Lipinski definition) is 0. The summed E-state index contributed by atoms with van der Waals surface area (Å²) >= 11 is 0. The third-order valence-electron chi connectivity index (χ3n) is 4.35. The maximum Gasteiger partial charge on any atom is 0.442 e. The van der Waals surface area contributed by atoms with Crippen LogP contribution in [0.3, 0.4) is 0 Å². The van der Waals surface area contributed by atoms with Crippen molar-refractivity contribution in [3.8, 4) is 0 Å². The lowest BCUT2D eigenvalue weighted by Gasteiger charge is -2.49. The van der Waals surface area contributed by atoms with Crippen LogP contribution in [0.1, 0.15) is 41.5 Å². The maximum atomic E-state index is 15.0. The lowest BCUT2D eigenvalue weighted by molar-refractivity contribution is -0.406. The van der Waals surface area contributed by atoms with E-state index in [0.29, 0.717) is 41.5 Å². The molecular weight excluding hydrogens is 454 g/mol. The average molecular weight is 472 g/mol. The van der Waals surface area contributed by atoms with Gasteiger partial charge in [-0.05, 0) is 0 Å². The van der Waals surface area contributed by atoms with Crippen LogP contribution in [0.4, 0.5) is 43.4 Å². The van der Waals surface area contributed by atoms with E-state index in [2.05, 4.69) is 9.47 Å². The second-order valence-electron chi connectivity index (χ2n) is 8.54. The zero-order chi connectivity index (χ0) is 23.9. The third-order valence-corrected chi connectivity index (χ3v) is 5.22. The lowest BCUT2D eigenvalue weighted by atomic mass is 9.72. The second-order valence-corrected chi connectivity index (χ2v) is 9.92. The fourth-order valence-corrected chi connectivity index (χ4v) is 2.95. The normalized spacial score (nSPS) is 29.9. The zero-order valence-electron chi connectivity index (χ0n) is 15.8. The van der Waals surface area contributed by atoms with Crippen molar-refractivity contribution in [2.75, 3.05) is 0 Å². The molecule has 0 spiro atoms. The van der Waals surface area contributed by atoms with Crippen LogP contribution >= 0.6 is 0 Å². The summed E-state index contributed by atoms with van der Waals surface area (Å²) in [4.78, 5) is 0. The highest BCUT2D eigenvalue weighted by molar-refractivity contribution is 7.87. The van der Waals surface area contributed by atoms with Crippen LogP contribution < -0.4 is 0 Å². The summed E-state index contributed by atoms with van der Waals surface area (Å²) in [5, 5.41) is -7.12. The lowest BCUT2D eigenvalue weighted by Crippen LogP contribution is -2.67.